The number of aryl methyl sites for hydroxylation is 1. The first kappa shape index (κ1) is 18.6. The highest BCUT2D eigenvalue weighted by molar-refractivity contribution is 5.91. The van der Waals surface area contributed by atoms with Crippen molar-refractivity contribution in [1.82, 2.24) is 19.7 Å². The standard InChI is InChI=1S/C21H23F3N4O/c22-21(23,24)17-6-2-1-5-16(17)13-9-14-11-27(12-15(14)10-13)20(29)19-26-25-18-7-3-4-8-28(18)19/h1-2,5-6,13-15H,3-4,7-12H2/t13-,14-,15+. The van der Waals surface area contributed by atoms with E-state index in [2.05, 4.69) is 10.2 Å². The molecule has 1 saturated carbocycles. The molecule has 5 rings (SSSR count). The van der Waals surface area contributed by atoms with Crippen LogP contribution in [0.2, 0.25) is 0 Å². The molecule has 2 aromatic rings. The van der Waals surface area contributed by atoms with E-state index in [0.717, 1.165) is 31.6 Å². The molecular formula is C21H23F3N4O. The first-order valence-electron chi connectivity index (χ1n) is 10.3. The monoisotopic (exact) mass is 404 g/mol. The molecule has 0 radical (unpaired) electrons. The molecule has 1 saturated heterocycles. The average molecular weight is 404 g/mol. The topological polar surface area (TPSA) is 51.0 Å². The van der Waals surface area contributed by atoms with E-state index in [-0.39, 0.29) is 23.7 Å². The van der Waals surface area contributed by atoms with Gasteiger partial charge in [-0.15, -0.1) is 10.2 Å². The van der Waals surface area contributed by atoms with Gasteiger partial charge in [-0.1, -0.05) is 18.2 Å². The second-order valence-electron chi connectivity index (χ2n) is 8.53. The Morgan fingerprint density at radius 3 is 2.48 bits per heavy atom. The minimum absolute atomic E-state index is 0.0905. The van der Waals surface area contributed by atoms with Gasteiger partial charge in [0.05, 0.1) is 5.56 Å². The summed E-state index contributed by atoms with van der Waals surface area (Å²) in [5.41, 5.74) is -0.119. The molecule has 2 fully saturated rings. The van der Waals surface area contributed by atoms with Crippen molar-refractivity contribution in [2.24, 2.45) is 11.8 Å². The van der Waals surface area contributed by atoms with E-state index >= 15 is 0 Å². The number of benzene rings is 1. The molecule has 0 unspecified atom stereocenters. The van der Waals surface area contributed by atoms with Crippen LogP contribution < -0.4 is 0 Å². The van der Waals surface area contributed by atoms with Crippen molar-refractivity contribution < 1.29 is 18.0 Å². The van der Waals surface area contributed by atoms with E-state index in [1.165, 1.54) is 12.1 Å². The average Bonchev–Trinajstić information content (AvgIpc) is 3.39. The fourth-order valence-corrected chi connectivity index (χ4v) is 5.44. The highest BCUT2D eigenvalue weighted by atomic mass is 19.4. The number of carbonyl (C=O) groups excluding carboxylic acids is 1. The third-order valence-corrected chi connectivity index (χ3v) is 6.80. The fraction of sp³-hybridized carbons (Fsp3) is 0.571. The number of carbonyl (C=O) groups is 1. The number of nitrogens with zero attached hydrogens (tertiary/aromatic N) is 4. The quantitative estimate of drug-likeness (QED) is 0.763. The summed E-state index contributed by atoms with van der Waals surface area (Å²) < 4.78 is 42.1. The van der Waals surface area contributed by atoms with Crippen LogP contribution in [0, 0.1) is 11.8 Å². The molecule has 0 bridgehead atoms. The van der Waals surface area contributed by atoms with Crippen molar-refractivity contribution >= 4 is 5.91 Å². The Labute approximate surface area is 166 Å². The lowest BCUT2D eigenvalue weighted by molar-refractivity contribution is -0.138. The molecule has 1 amide bonds. The van der Waals surface area contributed by atoms with Gasteiger partial charge >= 0.3 is 6.18 Å². The number of fused-ring (bicyclic) bond motifs is 2. The van der Waals surface area contributed by atoms with Gasteiger partial charge < -0.3 is 9.47 Å². The molecule has 1 aromatic carbocycles. The van der Waals surface area contributed by atoms with Crippen LogP contribution in [0.4, 0.5) is 13.2 Å². The molecule has 3 aliphatic rings. The molecule has 0 N–H and O–H groups in total. The van der Waals surface area contributed by atoms with Gasteiger partial charge in [0.15, 0.2) is 0 Å². The van der Waals surface area contributed by atoms with Crippen LogP contribution in [0.3, 0.4) is 0 Å². The Hall–Kier alpha value is -2.38. The number of amides is 1. The van der Waals surface area contributed by atoms with E-state index in [0.29, 0.717) is 37.3 Å². The number of hydrogen-bond donors (Lipinski definition) is 0. The molecule has 3 atom stereocenters. The van der Waals surface area contributed by atoms with Crippen LogP contribution in [0.15, 0.2) is 24.3 Å². The summed E-state index contributed by atoms with van der Waals surface area (Å²) in [5.74, 6) is 1.60. The maximum Gasteiger partial charge on any atom is 0.416 e. The SMILES string of the molecule is O=C(c1nnc2n1CCCC2)N1C[C@H]2C[C@@H](c3ccccc3C(F)(F)F)C[C@H]2C1. The van der Waals surface area contributed by atoms with Crippen LogP contribution in [0.1, 0.15) is 59.2 Å². The minimum atomic E-state index is -4.33. The number of rotatable bonds is 2. The highest BCUT2D eigenvalue weighted by Crippen LogP contribution is 2.49. The molecule has 1 aromatic heterocycles. The molecule has 29 heavy (non-hydrogen) atoms. The lowest BCUT2D eigenvalue weighted by atomic mass is 9.91. The van der Waals surface area contributed by atoms with Gasteiger partial charge in [-0.05, 0) is 55.1 Å². The summed E-state index contributed by atoms with van der Waals surface area (Å²) in [4.78, 5) is 14.8. The van der Waals surface area contributed by atoms with Gasteiger partial charge in [0.25, 0.3) is 5.91 Å². The highest BCUT2D eigenvalue weighted by Gasteiger charge is 2.45. The van der Waals surface area contributed by atoms with Crippen LogP contribution in [-0.2, 0) is 19.1 Å². The van der Waals surface area contributed by atoms with Crippen molar-refractivity contribution in [2.75, 3.05) is 13.1 Å². The zero-order valence-electron chi connectivity index (χ0n) is 16.0. The van der Waals surface area contributed by atoms with Crippen molar-refractivity contribution in [3.8, 4) is 0 Å². The third kappa shape index (κ3) is 3.22. The van der Waals surface area contributed by atoms with E-state index < -0.39 is 11.7 Å². The Morgan fingerprint density at radius 2 is 1.76 bits per heavy atom. The molecule has 3 heterocycles. The van der Waals surface area contributed by atoms with Crippen LogP contribution in [0.5, 0.6) is 0 Å². The first-order valence-corrected chi connectivity index (χ1v) is 10.3. The second kappa shape index (κ2) is 6.85. The maximum atomic E-state index is 13.4. The van der Waals surface area contributed by atoms with E-state index in [9.17, 15) is 18.0 Å². The van der Waals surface area contributed by atoms with Gasteiger partial charge in [-0.3, -0.25) is 4.79 Å². The van der Waals surface area contributed by atoms with Gasteiger partial charge in [-0.2, -0.15) is 13.2 Å². The van der Waals surface area contributed by atoms with Crippen molar-refractivity contribution in [2.45, 2.75) is 50.7 Å². The smallest absolute Gasteiger partial charge is 0.335 e. The summed E-state index contributed by atoms with van der Waals surface area (Å²) in [6.07, 6.45) is 0.00564. The Kier molecular flexibility index (Phi) is 4.40. The van der Waals surface area contributed by atoms with Gasteiger partial charge in [-0.25, -0.2) is 0 Å². The summed E-state index contributed by atoms with van der Waals surface area (Å²) in [6.45, 7) is 1.97. The second-order valence-corrected chi connectivity index (χ2v) is 8.53. The van der Waals surface area contributed by atoms with Crippen molar-refractivity contribution in [3.63, 3.8) is 0 Å². The van der Waals surface area contributed by atoms with Crippen molar-refractivity contribution in [1.29, 1.82) is 0 Å². The molecule has 8 heteroatoms. The van der Waals surface area contributed by atoms with Crippen LogP contribution in [0.25, 0.3) is 0 Å². The Morgan fingerprint density at radius 1 is 1.03 bits per heavy atom. The van der Waals surface area contributed by atoms with E-state index in [1.54, 1.807) is 12.1 Å². The number of halogens is 3. The number of alkyl halides is 3. The molecule has 5 nitrogen and oxygen atoms in total. The van der Waals surface area contributed by atoms with E-state index in [1.807, 2.05) is 9.47 Å². The van der Waals surface area contributed by atoms with Gasteiger partial charge in [0.2, 0.25) is 5.82 Å². The summed E-state index contributed by atoms with van der Waals surface area (Å²) in [5, 5.41) is 8.30. The third-order valence-electron chi connectivity index (χ3n) is 6.80. The maximum absolute atomic E-state index is 13.4. The summed E-state index contributed by atoms with van der Waals surface area (Å²) in [6, 6.07) is 5.92. The zero-order chi connectivity index (χ0) is 20.2. The zero-order valence-corrected chi connectivity index (χ0v) is 16.0. The summed E-state index contributed by atoms with van der Waals surface area (Å²) >= 11 is 0. The molecular weight excluding hydrogens is 381 g/mol. The fourth-order valence-electron chi connectivity index (χ4n) is 5.44. The number of likely N-dealkylation sites (tertiary alicyclic amines) is 1. The summed E-state index contributed by atoms with van der Waals surface area (Å²) in [7, 11) is 0. The predicted octanol–water partition coefficient (Wildman–Crippen LogP) is 3.90. The van der Waals surface area contributed by atoms with Crippen molar-refractivity contribution in [3.05, 3.63) is 47.0 Å². The lowest BCUT2D eigenvalue weighted by Gasteiger charge is -2.22. The van der Waals surface area contributed by atoms with Gasteiger partial charge in [0.1, 0.15) is 5.82 Å². The van der Waals surface area contributed by atoms with Crippen LogP contribution >= 0.6 is 0 Å². The molecule has 1 aliphatic carbocycles. The predicted molar refractivity (Wildman–Crippen MR) is 99.3 cm³/mol. The molecule has 0 spiro atoms. The lowest BCUT2D eigenvalue weighted by Crippen LogP contribution is -2.32. The normalized spacial score (nSPS) is 26.4. The Balaban J connectivity index is 1.30. The van der Waals surface area contributed by atoms with Crippen LogP contribution in [-0.4, -0.2) is 38.7 Å². The van der Waals surface area contributed by atoms with Gasteiger partial charge in [0, 0.05) is 26.1 Å². The number of aromatic nitrogens is 3. The molecule has 2 aliphatic heterocycles. The first-order chi connectivity index (χ1) is 13.9. The largest absolute Gasteiger partial charge is 0.416 e. The number of hydrogen-bond acceptors (Lipinski definition) is 3. The minimum Gasteiger partial charge on any atom is -0.335 e. The molecule has 154 valence electrons. The Bertz CT molecular complexity index is 924. The van der Waals surface area contributed by atoms with E-state index in [4.69, 9.17) is 0 Å².